The van der Waals surface area contributed by atoms with Gasteiger partial charge in [0.15, 0.2) is 5.60 Å². The number of carbonyl (C=O) groups is 1. The minimum absolute atomic E-state index is 0.0156. The third kappa shape index (κ3) is 0.972. The van der Waals surface area contributed by atoms with Gasteiger partial charge in [-0.25, -0.2) is 0 Å². The van der Waals surface area contributed by atoms with Gasteiger partial charge in [-0.3, -0.25) is 4.79 Å². The third-order valence-electron chi connectivity index (χ3n) is 2.31. The molecule has 2 aliphatic rings. The monoisotopic (exact) mass is 169 g/mol. The second kappa shape index (κ2) is 2.45. The van der Waals surface area contributed by atoms with Crippen molar-refractivity contribution in [2.45, 2.75) is 18.4 Å². The lowest BCUT2D eigenvalue weighted by Gasteiger charge is -2.29. The first kappa shape index (κ1) is 7.54. The van der Waals surface area contributed by atoms with Crippen molar-refractivity contribution in [2.24, 2.45) is 10.7 Å². The fourth-order valence-corrected chi connectivity index (χ4v) is 1.62. The topological polar surface area (TPSA) is 76.7 Å². The first-order valence-electron chi connectivity index (χ1n) is 4.01. The molecule has 0 atom stereocenters. The van der Waals surface area contributed by atoms with E-state index < -0.39 is 5.60 Å². The van der Waals surface area contributed by atoms with Crippen LogP contribution in [0.1, 0.15) is 12.8 Å². The predicted molar refractivity (Wildman–Crippen MR) is 42.5 cm³/mol. The molecule has 12 heavy (non-hydrogen) atoms. The van der Waals surface area contributed by atoms with E-state index in [0.29, 0.717) is 12.8 Å². The summed E-state index contributed by atoms with van der Waals surface area (Å²) in [4.78, 5) is 14.9. The van der Waals surface area contributed by atoms with Gasteiger partial charge in [0.25, 0.3) is 11.9 Å². The van der Waals surface area contributed by atoms with Crippen LogP contribution in [0.5, 0.6) is 0 Å². The molecule has 0 unspecified atom stereocenters. The lowest BCUT2D eigenvalue weighted by molar-refractivity contribution is -0.132. The number of rotatable bonds is 0. The highest BCUT2D eigenvalue weighted by Crippen LogP contribution is 2.28. The Morgan fingerprint density at radius 1 is 1.50 bits per heavy atom. The lowest BCUT2D eigenvalue weighted by atomic mass is 9.92. The normalized spacial score (nSPS) is 27.0. The Kier molecular flexibility index (Phi) is 1.54. The van der Waals surface area contributed by atoms with Gasteiger partial charge in [-0.2, -0.15) is 4.99 Å². The zero-order valence-corrected chi connectivity index (χ0v) is 6.67. The molecule has 3 N–H and O–H groups in total. The summed E-state index contributed by atoms with van der Waals surface area (Å²) in [5, 5.41) is 3.15. The molecular formula is C7H11N3O2. The molecule has 0 aliphatic carbocycles. The minimum atomic E-state index is -0.727. The van der Waals surface area contributed by atoms with Gasteiger partial charge in [0, 0.05) is 12.8 Å². The first-order valence-corrected chi connectivity index (χ1v) is 4.01. The second-order valence-corrected chi connectivity index (χ2v) is 3.10. The molecule has 1 saturated heterocycles. The number of aliphatic imine (C=N–C) groups is 1. The van der Waals surface area contributed by atoms with Gasteiger partial charge in [0.2, 0.25) is 0 Å². The number of carbonyl (C=O) groups excluding carboxylic acids is 1. The Morgan fingerprint density at radius 2 is 2.17 bits per heavy atom. The smallest absolute Gasteiger partial charge is 0.294 e. The van der Waals surface area contributed by atoms with Crippen LogP contribution in [0.4, 0.5) is 0 Å². The maximum absolute atomic E-state index is 11.3. The van der Waals surface area contributed by atoms with Gasteiger partial charge in [0.05, 0.1) is 0 Å². The van der Waals surface area contributed by atoms with E-state index in [4.69, 9.17) is 10.5 Å². The Balaban J connectivity index is 2.17. The van der Waals surface area contributed by atoms with E-state index in [0.717, 1.165) is 13.1 Å². The SMILES string of the molecule is NC1=NC(=O)C2(CCNCC2)O1. The van der Waals surface area contributed by atoms with Gasteiger partial charge < -0.3 is 15.8 Å². The van der Waals surface area contributed by atoms with Crippen LogP contribution in [0, 0.1) is 0 Å². The van der Waals surface area contributed by atoms with Crippen LogP contribution in [0.15, 0.2) is 4.99 Å². The number of nitrogens with zero attached hydrogens (tertiary/aromatic N) is 1. The molecule has 5 heteroatoms. The zero-order valence-electron chi connectivity index (χ0n) is 6.67. The molecule has 0 aromatic carbocycles. The molecule has 2 aliphatic heterocycles. The van der Waals surface area contributed by atoms with Crippen molar-refractivity contribution >= 4 is 11.9 Å². The number of hydrogen-bond acceptors (Lipinski definition) is 4. The average Bonchev–Trinajstić information content (AvgIpc) is 2.29. The molecule has 1 fully saturated rings. The Bertz CT molecular complexity index is 243. The van der Waals surface area contributed by atoms with Gasteiger partial charge in [0.1, 0.15) is 0 Å². The van der Waals surface area contributed by atoms with Crippen LogP contribution >= 0.6 is 0 Å². The first-order chi connectivity index (χ1) is 5.73. The van der Waals surface area contributed by atoms with E-state index in [-0.39, 0.29) is 11.9 Å². The molecule has 0 aromatic heterocycles. The molecule has 2 rings (SSSR count). The minimum Gasteiger partial charge on any atom is -0.448 e. The number of hydrogen-bond donors (Lipinski definition) is 2. The molecule has 5 nitrogen and oxygen atoms in total. The largest absolute Gasteiger partial charge is 0.448 e. The van der Waals surface area contributed by atoms with E-state index in [1.807, 2.05) is 0 Å². The van der Waals surface area contributed by atoms with Crippen molar-refractivity contribution in [2.75, 3.05) is 13.1 Å². The average molecular weight is 169 g/mol. The summed E-state index contributed by atoms with van der Waals surface area (Å²) in [7, 11) is 0. The molecule has 1 spiro atoms. The fraction of sp³-hybridized carbons (Fsp3) is 0.714. The fourth-order valence-electron chi connectivity index (χ4n) is 1.62. The standard InChI is InChI=1S/C7H11N3O2/c8-6-10-5(11)7(12-6)1-3-9-4-2-7/h9H,1-4H2,(H2,8,10,11). The summed E-state index contributed by atoms with van der Waals surface area (Å²) in [6.45, 7) is 1.57. The summed E-state index contributed by atoms with van der Waals surface area (Å²) in [6.07, 6.45) is 1.33. The second-order valence-electron chi connectivity index (χ2n) is 3.10. The predicted octanol–water partition coefficient (Wildman–Crippen LogP) is -1.02. The van der Waals surface area contributed by atoms with Gasteiger partial charge >= 0.3 is 0 Å². The molecule has 0 bridgehead atoms. The maximum Gasteiger partial charge on any atom is 0.294 e. The van der Waals surface area contributed by atoms with Crippen molar-refractivity contribution in [3.05, 3.63) is 0 Å². The molecule has 0 aromatic rings. The van der Waals surface area contributed by atoms with Gasteiger partial charge in [-0.05, 0) is 13.1 Å². The lowest BCUT2D eigenvalue weighted by Crippen LogP contribution is -2.47. The number of nitrogens with two attached hydrogens (primary N) is 1. The highest BCUT2D eigenvalue weighted by Gasteiger charge is 2.46. The summed E-state index contributed by atoms with van der Waals surface area (Å²) in [5.41, 5.74) is 4.59. The number of nitrogens with one attached hydrogen (secondary N) is 1. The van der Waals surface area contributed by atoms with Crippen LogP contribution in [0.2, 0.25) is 0 Å². The van der Waals surface area contributed by atoms with E-state index >= 15 is 0 Å². The molecule has 0 saturated carbocycles. The van der Waals surface area contributed by atoms with Crippen LogP contribution in [0.3, 0.4) is 0 Å². The van der Waals surface area contributed by atoms with Crippen molar-refractivity contribution in [3.8, 4) is 0 Å². The van der Waals surface area contributed by atoms with Crippen molar-refractivity contribution in [1.29, 1.82) is 0 Å². The highest BCUT2D eigenvalue weighted by atomic mass is 16.5. The van der Waals surface area contributed by atoms with Gasteiger partial charge in [-0.1, -0.05) is 0 Å². The molecular weight excluding hydrogens is 158 g/mol. The number of amides is 1. The quantitative estimate of drug-likeness (QED) is 0.486. The molecule has 0 radical (unpaired) electrons. The van der Waals surface area contributed by atoms with E-state index in [2.05, 4.69) is 10.3 Å². The maximum atomic E-state index is 11.3. The zero-order chi connectivity index (χ0) is 8.60. The molecule has 66 valence electrons. The van der Waals surface area contributed by atoms with Crippen LogP contribution in [-0.2, 0) is 9.53 Å². The van der Waals surface area contributed by atoms with Crippen LogP contribution in [0.25, 0.3) is 0 Å². The molecule has 1 amide bonds. The Labute approximate surface area is 70.0 Å². The van der Waals surface area contributed by atoms with Crippen molar-refractivity contribution < 1.29 is 9.53 Å². The summed E-state index contributed by atoms with van der Waals surface area (Å²) >= 11 is 0. The summed E-state index contributed by atoms with van der Waals surface area (Å²) in [6, 6.07) is 0.0156. The van der Waals surface area contributed by atoms with E-state index in [9.17, 15) is 4.79 Å². The van der Waals surface area contributed by atoms with Crippen LogP contribution < -0.4 is 11.1 Å². The summed E-state index contributed by atoms with van der Waals surface area (Å²) < 4.78 is 5.24. The van der Waals surface area contributed by atoms with Crippen molar-refractivity contribution in [3.63, 3.8) is 0 Å². The van der Waals surface area contributed by atoms with E-state index in [1.165, 1.54) is 0 Å². The van der Waals surface area contributed by atoms with Crippen LogP contribution in [-0.4, -0.2) is 30.6 Å². The number of ether oxygens (including phenoxy) is 1. The molecule has 2 heterocycles. The van der Waals surface area contributed by atoms with Gasteiger partial charge in [-0.15, -0.1) is 0 Å². The van der Waals surface area contributed by atoms with Crippen molar-refractivity contribution in [1.82, 2.24) is 5.32 Å². The summed E-state index contributed by atoms with van der Waals surface area (Å²) in [5.74, 6) is -0.221. The highest BCUT2D eigenvalue weighted by molar-refractivity contribution is 6.00. The number of amidine groups is 1. The Morgan fingerprint density at radius 3 is 2.67 bits per heavy atom. The Hall–Kier alpha value is -1.10. The van der Waals surface area contributed by atoms with E-state index in [1.54, 1.807) is 0 Å². The number of piperidine rings is 1. The third-order valence-corrected chi connectivity index (χ3v) is 2.31.